The van der Waals surface area contributed by atoms with Gasteiger partial charge in [-0.15, -0.1) is 11.3 Å². The number of thioether (sulfide) groups is 1. The second kappa shape index (κ2) is 7.17. The Hall–Kier alpha value is -2.25. The van der Waals surface area contributed by atoms with E-state index in [9.17, 15) is 4.79 Å². The lowest BCUT2D eigenvalue weighted by Gasteiger charge is -2.17. The molecule has 1 aromatic carbocycles. The summed E-state index contributed by atoms with van der Waals surface area (Å²) in [5.41, 5.74) is 1.89. The molecule has 0 fully saturated rings. The van der Waals surface area contributed by atoms with Crippen LogP contribution in [0, 0.1) is 0 Å². The largest absolute Gasteiger partial charge is 0.343 e. The second-order valence-corrected chi connectivity index (χ2v) is 7.81. The van der Waals surface area contributed by atoms with Crippen LogP contribution >= 0.6 is 23.1 Å². The number of rotatable bonds is 5. The van der Waals surface area contributed by atoms with E-state index in [4.69, 9.17) is 4.98 Å². The van der Waals surface area contributed by atoms with Crippen LogP contribution in [0.3, 0.4) is 0 Å². The molecule has 132 valence electrons. The average Bonchev–Trinajstić information content (AvgIpc) is 3.03. The molecule has 0 radical (unpaired) electrons. The molecular formula is C19H18N4OS2. The zero-order chi connectivity index (χ0) is 18.1. The van der Waals surface area contributed by atoms with Crippen LogP contribution in [0.4, 0.5) is 0 Å². The van der Waals surface area contributed by atoms with E-state index in [1.165, 1.54) is 11.8 Å². The fourth-order valence-corrected chi connectivity index (χ4v) is 5.08. The third-order valence-electron chi connectivity index (χ3n) is 4.36. The average molecular weight is 383 g/mol. The van der Waals surface area contributed by atoms with E-state index < -0.39 is 0 Å². The summed E-state index contributed by atoms with van der Waals surface area (Å²) in [4.78, 5) is 28.8. The monoisotopic (exact) mass is 382 g/mol. The van der Waals surface area contributed by atoms with Crippen LogP contribution in [0.25, 0.3) is 31.3 Å². The van der Waals surface area contributed by atoms with E-state index >= 15 is 0 Å². The molecule has 0 aliphatic carbocycles. The Morgan fingerprint density at radius 1 is 1.19 bits per heavy atom. The first-order valence-corrected chi connectivity index (χ1v) is 10.3. The van der Waals surface area contributed by atoms with E-state index in [1.807, 2.05) is 36.9 Å². The molecule has 1 amide bonds. The van der Waals surface area contributed by atoms with E-state index in [0.717, 1.165) is 49.5 Å². The van der Waals surface area contributed by atoms with Crippen LogP contribution in [-0.2, 0) is 4.79 Å². The number of hydrogen-bond acceptors (Lipinski definition) is 6. The maximum Gasteiger partial charge on any atom is 0.232 e. The molecule has 0 bridgehead atoms. The van der Waals surface area contributed by atoms with Gasteiger partial charge in [0.25, 0.3) is 0 Å². The van der Waals surface area contributed by atoms with Gasteiger partial charge in [0.1, 0.15) is 16.2 Å². The Balaban J connectivity index is 1.74. The summed E-state index contributed by atoms with van der Waals surface area (Å²) in [6.45, 7) is 5.46. The van der Waals surface area contributed by atoms with E-state index in [2.05, 4.69) is 22.1 Å². The van der Waals surface area contributed by atoms with Crippen LogP contribution in [0.15, 0.2) is 41.7 Å². The fourth-order valence-electron chi connectivity index (χ4n) is 2.98. The van der Waals surface area contributed by atoms with Gasteiger partial charge in [0.05, 0.1) is 21.5 Å². The molecule has 0 spiro atoms. The van der Waals surface area contributed by atoms with Crippen LogP contribution < -0.4 is 0 Å². The molecular weight excluding hydrogens is 364 g/mol. The van der Waals surface area contributed by atoms with E-state index in [1.54, 1.807) is 17.7 Å². The summed E-state index contributed by atoms with van der Waals surface area (Å²) < 4.78 is 1.00. The Morgan fingerprint density at radius 3 is 2.81 bits per heavy atom. The highest BCUT2D eigenvalue weighted by Crippen LogP contribution is 2.37. The van der Waals surface area contributed by atoms with Crippen molar-refractivity contribution in [3.05, 3.63) is 36.7 Å². The second-order valence-electron chi connectivity index (χ2n) is 5.85. The van der Waals surface area contributed by atoms with Crippen molar-refractivity contribution in [2.45, 2.75) is 18.9 Å². The summed E-state index contributed by atoms with van der Waals surface area (Å²) in [5, 5.41) is 3.00. The van der Waals surface area contributed by atoms with Crippen molar-refractivity contribution in [2.75, 3.05) is 18.8 Å². The van der Waals surface area contributed by atoms with E-state index in [0.29, 0.717) is 5.75 Å². The molecule has 0 aliphatic rings. The number of nitrogens with zero attached hydrogens (tertiary/aromatic N) is 4. The third-order valence-corrected chi connectivity index (χ3v) is 6.56. The highest BCUT2D eigenvalue weighted by atomic mass is 32.2. The van der Waals surface area contributed by atoms with Crippen LogP contribution in [-0.4, -0.2) is 44.6 Å². The van der Waals surface area contributed by atoms with Gasteiger partial charge in [0.15, 0.2) is 0 Å². The van der Waals surface area contributed by atoms with Gasteiger partial charge >= 0.3 is 0 Å². The number of hydrogen-bond donors (Lipinski definition) is 0. The SMILES string of the molecule is CCN(CC)C(=O)CSc1ncnc2c1sc1nc3ccccc3cc12. The molecule has 0 unspecified atom stereocenters. The summed E-state index contributed by atoms with van der Waals surface area (Å²) in [7, 11) is 0. The highest BCUT2D eigenvalue weighted by Gasteiger charge is 2.16. The Morgan fingerprint density at radius 2 is 2.00 bits per heavy atom. The molecule has 3 aromatic heterocycles. The number of carbonyl (C=O) groups excluding carboxylic acids is 1. The first-order valence-electron chi connectivity index (χ1n) is 8.54. The van der Waals surface area contributed by atoms with E-state index in [-0.39, 0.29) is 5.91 Å². The minimum atomic E-state index is 0.136. The zero-order valence-corrected chi connectivity index (χ0v) is 16.2. The van der Waals surface area contributed by atoms with Gasteiger partial charge in [0, 0.05) is 23.9 Å². The number of benzene rings is 1. The van der Waals surface area contributed by atoms with Crippen LogP contribution in [0.2, 0.25) is 0 Å². The van der Waals surface area contributed by atoms with Crippen LogP contribution in [0.1, 0.15) is 13.8 Å². The number of amides is 1. The van der Waals surface area contributed by atoms with Crippen molar-refractivity contribution in [2.24, 2.45) is 0 Å². The van der Waals surface area contributed by atoms with Crippen molar-refractivity contribution in [1.82, 2.24) is 19.9 Å². The Kier molecular flexibility index (Phi) is 4.74. The third kappa shape index (κ3) is 3.01. The van der Waals surface area contributed by atoms with Gasteiger partial charge in [-0.1, -0.05) is 30.0 Å². The number of carbonyl (C=O) groups is 1. The molecule has 0 atom stereocenters. The number of fused-ring (bicyclic) bond motifs is 4. The van der Waals surface area contributed by atoms with Gasteiger partial charge in [-0.3, -0.25) is 4.79 Å². The van der Waals surface area contributed by atoms with Crippen LogP contribution in [0.5, 0.6) is 0 Å². The Labute approximate surface area is 159 Å². The molecule has 4 aromatic rings. The predicted molar refractivity (Wildman–Crippen MR) is 109 cm³/mol. The molecule has 4 rings (SSSR count). The van der Waals surface area contributed by atoms with Gasteiger partial charge in [-0.25, -0.2) is 15.0 Å². The summed E-state index contributed by atoms with van der Waals surface area (Å²) in [5.74, 6) is 0.522. The first kappa shape index (κ1) is 17.2. The summed E-state index contributed by atoms with van der Waals surface area (Å²) in [6, 6.07) is 10.2. The van der Waals surface area contributed by atoms with Crippen molar-refractivity contribution < 1.29 is 4.79 Å². The lowest BCUT2D eigenvalue weighted by Crippen LogP contribution is -2.31. The lowest BCUT2D eigenvalue weighted by atomic mass is 10.2. The minimum Gasteiger partial charge on any atom is -0.343 e. The van der Waals surface area contributed by atoms with Gasteiger partial charge in [-0.05, 0) is 26.0 Å². The first-order chi connectivity index (χ1) is 12.7. The van der Waals surface area contributed by atoms with Crippen molar-refractivity contribution >= 4 is 60.3 Å². The summed E-state index contributed by atoms with van der Waals surface area (Å²) >= 11 is 3.07. The molecule has 0 saturated carbocycles. The smallest absolute Gasteiger partial charge is 0.232 e. The quantitative estimate of drug-likeness (QED) is 0.379. The zero-order valence-electron chi connectivity index (χ0n) is 14.6. The molecule has 0 saturated heterocycles. The topological polar surface area (TPSA) is 59.0 Å². The molecule has 26 heavy (non-hydrogen) atoms. The molecule has 0 N–H and O–H groups in total. The number of thiophene rings is 1. The van der Waals surface area contributed by atoms with Crippen molar-refractivity contribution in [3.63, 3.8) is 0 Å². The normalized spacial score (nSPS) is 11.5. The maximum absolute atomic E-state index is 12.3. The van der Waals surface area contributed by atoms with Gasteiger partial charge in [-0.2, -0.15) is 0 Å². The standard InChI is InChI=1S/C19H18N4OS2/c1-3-23(4-2)15(24)10-25-19-17-16(20-11-21-19)13-9-12-7-5-6-8-14(12)22-18(13)26-17/h5-9,11H,3-4,10H2,1-2H3. The van der Waals surface area contributed by atoms with Gasteiger partial charge < -0.3 is 4.90 Å². The number of pyridine rings is 1. The molecule has 5 nitrogen and oxygen atoms in total. The highest BCUT2D eigenvalue weighted by molar-refractivity contribution is 8.00. The van der Waals surface area contributed by atoms with Crippen molar-refractivity contribution in [3.8, 4) is 0 Å². The van der Waals surface area contributed by atoms with Gasteiger partial charge in [0.2, 0.25) is 5.91 Å². The maximum atomic E-state index is 12.3. The molecule has 3 heterocycles. The number of aromatic nitrogens is 3. The lowest BCUT2D eigenvalue weighted by molar-refractivity contribution is -0.127. The fraction of sp³-hybridized carbons (Fsp3) is 0.263. The van der Waals surface area contributed by atoms with Crippen molar-refractivity contribution in [1.29, 1.82) is 0 Å². The molecule has 7 heteroatoms. The minimum absolute atomic E-state index is 0.136. The molecule has 0 aliphatic heterocycles. The number of para-hydroxylation sites is 1. The summed E-state index contributed by atoms with van der Waals surface area (Å²) in [6.07, 6.45) is 1.58. The Bertz CT molecular complexity index is 1100. The predicted octanol–water partition coefficient (Wildman–Crippen LogP) is 4.35.